The van der Waals surface area contributed by atoms with Crippen LogP contribution < -0.4 is 21.1 Å². The summed E-state index contributed by atoms with van der Waals surface area (Å²) in [6.45, 7) is -1.24. The quantitative estimate of drug-likeness (QED) is 0.285. The second kappa shape index (κ2) is 11.4. The van der Waals surface area contributed by atoms with Gasteiger partial charge in [0.25, 0.3) is 0 Å². The van der Waals surface area contributed by atoms with Crippen molar-refractivity contribution >= 4 is 35.1 Å². The SMILES string of the molecule is NC(=O)C1CC2(CC2[C@H](C[C@H]2CCNC2=O)C(=O)COC(F)(F)F)CN1C(=O)C(=O)Nc1ccccc1OC(F)(F)F. The molecule has 0 aromatic heterocycles. The minimum atomic E-state index is -5.09. The standard InChI is InChI=1S/C25H26F6N4O7/c26-24(27,28)41-10-17(36)13(7-12-5-6-33-20(12)38)14-8-23(14)9-16(19(32)37)35(11-23)22(40)21(39)34-15-3-1-2-4-18(15)42-25(29,30)31/h1-4,12-14,16H,5-11H2,(H2,32,37)(H,33,38)(H,34,39)/t12-,13+,14?,16?,23?/m1/s1. The Labute approximate surface area is 234 Å². The molecule has 1 aromatic rings. The number of hydrogen-bond donors (Lipinski definition) is 3. The summed E-state index contributed by atoms with van der Waals surface area (Å²) in [6.07, 6.45) is -9.82. The molecule has 17 heteroatoms. The van der Waals surface area contributed by atoms with Crippen LogP contribution in [-0.2, 0) is 28.7 Å². The molecule has 4 amide bonds. The maximum Gasteiger partial charge on any atom is 0.573 e. The van der Waals surface area contributed by atoms with Crippen LogP contribution in [0.15, 0.2) is 24.3 Å². The van der Waals surface area contributed by atoms with Gasteiger partial charge in [-0.3, -0.25) is 28.7 Å². The number of likely N-dealkylation sites (tertiary alicyclic amines) is 1. The summed E-state index contributed by atoms with van der Waals surface area (Å²) in [6, 6.07) is 3.10. The average molecular weight is 608 g/mol. The van der Waals surface area contributed by atoms with Gasteiger partial charge in [0.15, 0.2) is 11.5 Å². The molecule has 3 aliphatic rings. The number of alkyl halides is 6. The van der Waals surface area contributed by atoms with Crippen molar-refractivity contribution in [2.75, 3.05) is 25.0 Å². The van der Waals surface area contributed by atoms with Gasteiger partial charge in [0.2, 0.25) is 11.8 Å². The van der Waals surface area contributed by atoms with Crippen LogP contribution in [-0.4, -0.2) is 72.8 Å². The number of rotatable bonds is 9. The van der Waals surface area contributed by atoms with Crippen molar-refractivity contribution in [1.82, 2.24) is 10.2 Å². The molecule has 1 aromatic carbocycles. The van der Waals surface area contributed by atoms with Crippen molar-refractivity contribution in [2.45, 2.75) is 44.4 Å². The molecule has 4 N–H and O–H groups in total. The van der Waals surface area contributed by atoms with Crippen molar-refractivity contribution in [3.05, 3.63) is 24.3 Å². The van der Waals surface area contributed by atoms with E-state index >= 15 is 0 Å². The smallest absolute Gasteiger partial charge is 0.404 e. The predicted molar refractivity (Wildman–Crippen MR) is 128 cm³/mol. The molecule has 3 unspecified atom stereocenters. The molecule has 42 heavy (non-hydrogen) atoms. The Morgan fingerprint density at radius 3 is 2.38 bits per heavy atom. The summed E-state index contributed by atoms with van der Waals surface area (Å²) in [5, 5.41) is 4.62. The number of amides is 4. The van der Waals surface area contributed by atoms with Gasteiger partial charge >= 0.3 is 24.5 Å². The lowest BCUT2D eigenvalue weighted by Gasteiger charge is -2.23. The van der Waals surface area contributed by atoms with Gasteiger partial charge < -0.3 is 26.0 Å². The number of primary amides is 1. The Hall–Kier alpha value is -3.89. The molecule has 230 valence electrons. The van der Waals surface area contributed by atoms with Crippen molar-refractivity contribution in [3.63, 3.8) is 0 Å². The van der Waals surface area contributed by atoms with E-state index in [0.29, 0.717) is 13.0 Å². The summed E-state index contributed by atoms with van der Waals surface area (Å²) in [5.74, 6) is -8.14. The number of ketones is 1. The number of halogens is 6. The number of nitrogens with one attached hydrogen (secondary N) is 2. The third-order valence-corrected chi connectivity index (χ3v) is 7.84. The first kappa shape index (κ1) is 31.1. The lowest BCUT2D eigenvalue weighted by Crippen LogP contribution is -2.48. The van der Waals surface area contributed by atoms with Gasteiger partial charge in [-0.2, -0.15) is 0 Å². The van der Waals surface area contributed by atoms with Crippen molar-refractivity contribution < 1.29 is 59.8 Å². The van der Waals surface area contributed by atoms with Crippen molar-refractivity contribution in [2.24, 2.45) is 28.9 Å². The zero-order valence-electron chi connectivity index (χ0n) is 21.7. The van der Waals surface area contributed by atoms with Crippen LogP contribution in [0.2, 0.25) is 0 Å². The number of carbonyl (C=O) groups is 5. The fourth-order valence-electron chi connectivity index (χ4n) is 5.89. The number of hydrogen-bond acceptors (Lipinski definition) is 7. The van der Waals surface area contributed by atoms with E-state index in [4.69, 9.17) is 5.73 Å². The topological polar surface area (TPSA) is 157 Å². The van der Waals surface area contributed by atoms with Crippen LogP contribution in [0.1, 0.15) is 25.7 Å². The van der Waals surface area contributed by atoms with Crippen LogP contribution >= 0.6 is 0 Å². The lowest BCUT2D eigenvalue weighted by molar-refractivity contribution is -0.321. The highest BCUT2D eigenvalue weighted by atomic mass is 19.4. The second-order valence-electron chi connectivity index (χ2n) is 10.5. The van der Waals surface area contributed by atoms with Gasteiger partial charge in [-0.25, -0.2) is 0 Å². The number of ether oxygens (including phenoxy) is 2. The highest BCUT2D eigenvalue weighted by Gasteiger charge is 2.65. The number of nitrogens with zero attached hydrogens (tertiary/aromatic N) is 1. The third kappa shape index (κ3) is 7.11. The first-order valence-corrected chi connectivity index (χ1v) is 12.8. The number of benzene rings is 1. The lowest BCUT2D eigenvalue weighted by atomic mass is 9.83. The monoisotopic (exact) mass is 608 g/mol. The Balaban J connectivity index is 1.51. The summed E-state index contributed by atoms with van der Waals surface area (Å²) in [7, 11) is 0. The zero-order chi connectivity index (χ0) is 31.0. The van der Waals surface area contributed by atoms with E-state index in [0.717, 1.165) is 17.0 Å². The molecule has 0 bridgehead atoms. The van der Waals surface area contributed by atoms with Crippen LogP contribution in [0.3, 0.4) is 0 Å². The van der Waals surface area contributed by atoms with E-state index in [1.165, 1.54) is 12.1 Å². The molecule has 2 aliphatic heterocycles. The van der Waals surface area contributed by atoms with Crippen molar-refractivity contribution in [1.29, 1.82) is 0 Å². The minimum absolute atomic E-state index is 0.0794. The molecule has 2 heterocycles. The minimum Gasteiger partial charge on any atom is -0.404 e. The predicted octanol–water partition coefficient (Wildman–Crippen LogP) is 1.86. The van der Waals surface area contributed by atoms with Crippen LogP contribution in [0, 0.1) is 23.2 Å². The van der Waals surface area contributed by atoms with Crippen LogP contribution in [0.5, 0.6) is 5.75 Å². The molecule has 0 radical (unpaired) electrons. The summed E-state index contributed by atoms with van der Waals surface area (Å²) in [4.78, 5) is 64.0. The summed E-state index contributed by atoms with van der Waals surface area (Å²) >= 11 is 0. The molecule has 4 rings (SSSR count). The van der Waals surface area contributed by atoms with Crippen LogP contribution in [0.25, 0.3) is 0 Å². The van der Waals surface area contributed by atoms with Gasteiger partial charge in [0, 0.05) is 24.9 Å². The molecule has 11 nitrogen and oxygen atoms in total. The first-order valence-electron chi connectivity index (χ1n) is 12.8. The summed E-state index contributed by atoms with van der Waals surface area (Å²) in [5.41, 5.74) is 4.02. The molecule has 1 spiro atoms. The molecular formula is C25H26F6N4O7. The van der Waals surface area contributed by atoms with E-state index in [1.807, 2.05) is 5.32 Å². The number of Topliss-reactive ketones (excluding diaryl/α,β-unsaturated/α-hetero) is 1. The average Bonchev–Trinajstić information content (AvgIpc) is 3.19. The van der Waals surface area contributed by atoms with Gasteiger partial charge in [0.05, 0.1) is 5.69 Å². The molecule has 3 fully saturated rings. The number of carbonyl (C=O) groups excluding carboxylic acids is 5. The van der Waals surface area contributed by atoms with E-state index < -0.39 is 83.5 Å². The Bertz CT molecular complexity index is 1270. The Morgan fingerprint density at radius 2 is 1.79 bits per heavy atom. The van der Waals surface area contributed by atoms with E-state index in [9.17, 15) is 50.3 Å². The molecule has 2 saturated heterocycles. The van der Waals surface area contributed by atoms with E-state index in [1.54, 1.807) is 0 Å². The molecule has 1 aliphatic carbocycles. The highest BCUT2D eigenvalue weighted by Crippen LogP contribution is 2.64. The maximum absolute atomic E-state index is 13.1. The van der Waals surface area contributed by atoms with Gasteiger partial charge in [-0.15, -0.1) is 26.3 Å². The maximum atomic E-state index is 13.1. The van der Waals surface area contributed by atoms with Gasteiger partial charge in [-0.05, 0) is 49.1 Å². The first-order chi connectivity index (χ1) is 19.5. The second-order valence-corrected chi connectivity index (χ2v) is 10.5. The molecular weight excluding hydrogens is 582 g/mol. The summed E-state index contributed by atoms with van der Waals surface area (Å²) < 4.78 is 83.7. The van der Waals surface area contributed by atoms with Gasteiger partial charge in [-0.1, -0.05) is 12.1 Å². The normalized spacial score (nSPS) is 26.1. The fourth-order valence-corrected chi connectivity index (χ4v) is 5.89. The molecule has 5 atom stereocenters. The third-order valence-electron chi connectivity index (χ3n) is 7.84. The molecule has 1 saturated carbocycles. The number of para-hydroxylation sites is 2. The Kier molecular flexibility index (Phi) is 8.44. The largest absolute Gasteiger partial charge is 0.573 e. The van der Waals surface area contributed by atoms with Gasteiger partial charge in [0.1, 0.15) is 12.6 Å². The van der Waals surface area contributed by atoms with E-state index in [-0.39, 0.29) is 31.7 Å². The van der Waals surface area contributed by atoms with Crippen LogP contribution in [0.4, 0.5) is 32.0 Å². The number of nitrogens with two attached hydrogens (primary N) is 1. The highest BCUT2D eigenvalue weighted by molar-refractivity contribution is 6.40. The zero-order valence-corrected chi connectivity index (χ0v) is 21.7. The number of anilines is 1. The Morgan fingerprint density at radius 1 is 1.10 bits per heavy atom. The van der Waals surface area contributed by atoms with Crippen molar-refractivity contribution in [3.8, 4) is 5.75 Å². The fraction of sp³-hybridized carbons (Fsp3) is 0.560. The van der Waals surface area contributed by atoms with E-state index in [2.05, 4.69) is 14.8 Å².